The number of hydrogen-bond donors (Lipinski definition) is 2. The zero-order valence-corrected chi connectivity index (χ0v) is 17.0. The van der Waals surface area contributed by atoms with Crippen LogP contribution in [0.15, 0.2) is 24.7 Å². The lowest BCUT2D eigenvalue weighted by molar-refractivity contribution is 0.0696. The number of carboxylic acids is 1. The van der Waals surface area contributed by atoms with E-state index in [2.05, 4.69) is 20.5 Å². The van der Waals surface area contributed by atoms with Gasteiger partial charge in [0.15, 0.2) is 0 Å². The molecule has 0 aliphatic heterocycles. The van der Waals surface area contributed by atoms with Crippen molar-refractivity contribution in [3.05, 3.63) is 52.9 Å². The Hall–Kier alpha value is -3.53. The smallest absolute Gasteiger partial charge is 0.337 e. The van der Waals surface area contributed by atoms with E-state index in [1.165, 1.54) is 29.8 Å². The molecule has 4 aromatic rings. The van der Waals surface area contributed by atoms with Crippen LogP contribution in [-0.2, 0) is 7.05 Å². The fourth-order valence-electron chi connectivity index (χ4n) is 3.15. The average molecular weight is 410 g/mol. The van der Waals surface area contributed by atoms with Gasteiger partial charge >= 0.3 is 5.97 Å². The van der Waals surface area contributed by atoms with Gasteiger partial charge < -0.3 is 10.4 Å². The third kappa shape index (κ3) is 3.17. The number of aryl methyl sites for hydroxylation is 3. The number of thiazole rings is 1. The van der Waals surface area contributed by atoms with Crippen molar-refractivity contribution in [2.75, 3.05) is 5.32 Å². The predicted molar refractivity (Wildman–Crippen MR) is 109 cm³/mol. The van der Waals surface area contributed by atoms with Crippen LogP contribution in [0.25, 0.3) is 15.3 Å². The average Bonchev–Trinajstić information content (AvgIpc) is 3.29. The maximum atomic E-state index is 12.9. The van der Waals surface area contributed by atoms with Gasteiger partial charge in [-0.05, 0) is 26.8 Å². The van der Waals surface area contributed by atoms with E-state index in [9.17, 15) is 9.59 Å². The van der Waals surface area contributed by atoms with E-state index < -0.39 is 5.97 Å². The summed E-state index contributed by atoms with van der Waals surface area (Å²) in [5, 5.41) is 20.6. The van der Waals surface area contributed by atoms with Crippen LogP contribution in [0.1, 0.15) is 37.8 Å². The lowest BCUT2D eigenvalue weighted by atomic mass is 10.2. The van der Waals surface area contributed by atoms with Gasteiger partial charge in [-0.15, -0.1) is 11.3 Å². The Kier molecular flexibility index (Phi) is 4.42. The fraction of sp³-hybridized carbons (Fsp3) is 0.211. The number of aromatic carboxylic acids is 1. The summed E-state index contributed by atoms with van der Waals surface area (Å²) in [5.41, 5.74) is 4.26. The van der Waals surface area contributed by atoms with E-state index in [1.54, 1.807) is 11.4 Å². The molecule has 0 radical (unpaired) electrons. The van der Waals surface area contributed by atoms with Crippen LogP contribution in [0.5, 0.6) is 0 Å². The van der Waals surface area contributed by atoms with Crippen molar-refractivity contribution in [2.24, 2.45) is 7.05 Å². The number of carbonyl (C=O) groups excluding carboxylic acids is 1. The predicted octanol–water partition coefficient (Wildman–Crippen LogP) is 3.07. The molecule has 0 unspecified atom stereocenters. The number of nitrogens with one attached hydrogen (secondary N) is 1. The van der Waals surface area contributed by atoms with Gasteiger partial charge in [-0.2, -0.15) is 10.2 Å². The van der Waals surface area contributed by atoms with E-state index in [0.29, 0.717) is 21.8 Å². The van der Waals surface area contributed by atoms with Crippen molar-refractivity contribution in [3.8, 4) is 10.4 Å². The van der Waals surface area contributed by atoms with E-state index in [-0.39, 0.29) is 11.5 Å². The summed E-state index contributed by atoms with van der Waals surface area (Å²) in [6.45, 7) is 5.65. The summed E-state index contributed by atoms with van der Waals surface area (Å²) < 4.78 is 3.49. The van der Waals surface area contributed by atoms with E-state index >= 15 is 0 Å². The van der Waals surface area contributed by atoms with Crippen LogP contribution in [0.2, 0.25) is 0 Å². The van der Waals surface area contributed by atoms with Gasteiger partial charge in [0.05, 0.1) is 39.3 Å². The molecule has 29 heavy (non-hydrogen) atoms. The summed E-state index contributed by atoms with van der Waals surface area (Å²) in [5.74, 6) is -1.48. The SMILES string of the molecule is Cc1ncc(C(=O)O)cc1NC(=O)c1cnn2cc(-c3c(C)nn(C)c3C)sc12. The molecule has 0 aliphatic rings. The van der Waals surface area contributed by atoms with Gasteiger partial charge in [-0.1, -0.05) is 0 Å². The normalized spacial score (nSPS) is 11.2. The topological polar surface area (TPSA) is 114 Å². The highest BCUT2D eigenvalue weighted by Gasteiger charge is 2.20. The molecule has 4 rings (SSSR count). The van der Waals surface area contributed by atoms with Crippen molar-refractivity contribution >= 4 is 33.7 Å². The largest absolute Gasteiger partial charge is 0.478 e. The molecule has 0 saturated carbocycles. The van der Waals surface area contributed by atoms with Crippen LogP contribution in [-0.4, -0.2) is 41.4 Å². The van der Waals surface area contributed by atoms with Gasteiger partial charge in [0, 0.05) is 30.7 Å². The van der Waals surface area contributed by atoms with Crippen LogP contribution in [0.4, 0.5) is 5.69 Å². The first-order valence-corrected chi connectivity index (χ1v) is 9.57. The molecule has 0 fully saturated rings. The highest BCUT2D eigenvalue weighted by molar-refractivity contribution is 7.21. The lowest BCUT2D eigenvalue weighted by Gasteiger charge is -2.07. The molecule has 2 N–H and O–H groups in total. The van der Waals surface area contributed by atoms with Crippen molar-refractivity contribution < 1.29 is 14.7 Å². The molecule has 0 aliphatic carbocycles. The molecule has 4 heterocycles. The summed E-state index contributed by atoms with van der Waals surface area (Å²) in [6, 6.07) is 1.39. The Balaban J connectivity index is 1.70. The maximum absolute atomic E-state index is 12.9. The van der Waals surface area contributed by atoms with E-state index in [0.717, 1.165) is 21.8 Å². The Morgan fingerprint density at radius 3 is 2.59 bits per heavy atom. The molecular formula is C19H18N6O3S. The van der Waals surface area contributed by atoms with Gasteiger partial charge in [0.1, 0.15) is 4.83 Å². The molecule has 1 amide bonds. The van der Waals surface area contributed by atoms with Gasteiger partial charge in [0.25, 0.3) is 5.91 Å². The van der Waals surface area contributed by atoms with E-state index in [4.69, 9.17) is 5.11 Å². The molecule has 148 valence electrons. The minimum Gasteiger partial charge on any atom is -0.478 e. The Bertz CT molecular complexity index is 1280. The quantitative estimate of drug-likeness (QED) is 0.534. The number of amides is 1. The zero-order valence-electron chi connectivity index (χ0n) is 16.2. The Morgan fingerprint density at radius 2 is 1.93 bits per heavy atom. The number of nitrogens with zero attached hydrogens (tertiary/aromatic N) is 5. The first-order valence-electron chi connectivity index (χ1n) is 8.75. The Labute approximate surface area is 169 Å². The highest BCUT2D eigenvalue weighted by atomic mass is 32.1. The number of carboxylic acid groups (broad SMARTS) is 1. The van der Waals surface area contributed by atoms with Gasteiger partial charge in [0.2, 0.25) is 0 Å². The lowest BCUT2D eigenvalue weighted by Crippen LogP contribution is -2.13. The van der Waals surface area contributed by atoms with Gasteiger partial charge in [-0.25, -0.2) is 9.31 Å². The molecule has 0 atom stereocenters. The second-order valence-corrected chi connectivity index (χ2v) is 7.72. The van der Waals surface area contributed by atoms with Crippen molar-refractivity contribution in [1.29, 1.82) is 0 Å². The number of pyridine rings is 1. The fourth-order valence-corrected chi connectivity index (χ4v) is 4.36. The summed E-state index contributed by atoms with van der Waals surface area (Å²) in [4.78, 5) is 29.7. The van der Waals surface area contributed by atoms with Crippen molar-refractivity contribution in [1.82, 2.24) is 24.4 Å². The minimum absolute atomic E-state index is 0.00647. The third-order valence-electron chi connectivity index (χ3n) is 4.78. The molecule has 0 bridgehead atoms. The summed E-state index contributed by atoms with van der Waals surface area (Å²) in [6.07, 6.45) is 4.64. The first-order chi connectivity index (χ1) is 13.8. The van der Waals surface area contributed by atoms with Crippen LogP contribution in [0, 0.1) is 20.8 Å². The van der Waals surface area contributed by atoms with Gasteiger partial charge in [-0.3, -0.25) is 14.5 Å². The number of anilines is 1. The van der Waals surface area contributed by atoms with Crippen molar-refractivity contribution in [3.63, 3.8) is 0 Å². The van der Waals surface area contributed by atoms with Crippen LogP contribution < -0.4 is 5.32 Å². The second-order valence-electron chi connectivity index (χ2n) is 6.69. The number of carbonyl (C=O) groups is 2. The van der Waals surface area contributed by atoms with E-state index in [1.807, 2.05) is 31.8 Å². The minimum atomic E-state index is -1.11. The number of aromatic nitrogens is 5. The Morgan fingerprint density at radius 1 is 1.17 bits per heavy atom. The molecule has 0 saturated heterocycles. The standard InChI is InChI=1S/C19H18N6O3S/c1-9-14(5-12(6-20-9)19(27)28)22-17(26)13-7-21-25-8-15(29-18(13)25)16-10(2)23-24(4)11(16)3/h5-8H,1-4H3,(H,22,26)(H,27,28). The van der Waals surface area contributed by atoms with Crippen LogP contribution >= 0.6 is 11.3 Å². The van der Waals surface area contributed by atoms with Crippen LogP contribution in [0.3, 0.4) is 0 Å². The molecule has 0 spiro atoms. The molecule has 9 nitrogen and oxygen atoms in total. The molecule has 4 aromatic heterocycles. The number of hydrogen-bond acceptors (Lipinski definition) is 6. The maximum Gasteiger partial charge on any atom is 0.337 e. The zero-order chi connectivity index (χ0) is 20.9. The summed E-state index contributed by atoms with van der Waals surface area (Å²) >= 11 is 1.45. The highest BCUT2D eigenvalue weighted by Crippen LogP contribution is 2.34. The first kappa shape index (κ1) is 18.8. The third-order valence-corrected chi connectivity index (χ3v) is 5.91. The number of fused-ring (bicyclic) bond motifs is 1. The molecule has 0 aromatic carbocycles. The van der Waals surface area contributed by atoms with Crippen molar-refractivity contribution in [2.45, 2.75) is 20.8 Å². The second kappa shape index (κ2) is 6.82. The summed E-state index contributed by atoms with van der Waals surface area (Å²) in [7, 11) is 1.89. The molecular weight excluding hydrogens is 392 g/mol. The number of rotatable bonds is 4. The molecule has 10 heteroatoms. The monoisotopic (exact) mass is 410 g/mol.